The number of benzene rings is 1. The fraction of sp³-hybridized carbons (Fsp3) is 0.533. The van der Waals surface area contributed by atoms with Crippen molar-refractivity contribution in [2.75, 3.05) is 13.7 Å². The Hall–Kier alpha value is -1.00. The third kappa shape index (κ3) is 3.12. The number of amidine groups is 1. The van der Waals surface area contributed by atoms with Crippen LogP contribution < -0.4 is 5.32 Å². The molecule has 0 amide bonds. The monoisotopic (exact) mass is 276 g/mol. The Balaban J connectivity index is 1.52. The fourth-order valence-electron chi connectivity index (χ4n) is 2.76. The van der Waals surface area contributed by atoms with Crippen molar-refractivity contribution in [2.45, 2.75) is 36.7 Å². The maximum absolute atomic E-state index is 5.41. The van der Waals surface area contributed by atoms with Crippen LogP contribution in [0.2, 0.25) is 0 Å². The maximum atomic E-state index is 5.41. The third-order valence-electron chi connectivity index (χ3n) is 3.87. The number of nitrogens with one attached hydrogen (secondary N) is 1. The second-order valence-corrected chi connectivity index (χ2v) is 6.37. The molecule has 19 heavy (non-hydrogen) atoms. The van der Waals surface area contributed by atoms with Gasteiger partial charge in [-0.05, 0) is 24.8 Å². The molecule has 3 unspecified atom stereocenters. The van der Waals surface area contributed by atoms with Crippen LogP contribution in [-0.2, 0) is 4.74 Å². The lowest BCUT2D eigenvalue weighted by Gasteiger charge is -2.14. The molecule has 102 valence electrons. The molecule has 1 fully saturated rings. The molecule has 0 bridgehead atoms. The van der Waals surface area contributed by atoms with Gasteiger partial charge in [-0.2, -0.15) is 0 Å². The summed E-state index contributed by atoms with van der Waals surface area (Å²) in [6, 6.07) is 11.2. The van der Waals surface area contributed by atoms with E-state index in [1.807, 2.05) is 11.8 Å². The van der Waals surface area contributed by atoms with Crippen LogP contribution in [-0.4, -0.2) is 31.0 Å². The Labute approximate surface area is 118 Å². The first kappa shape index (κ1) is 13.0. The molecule has 1 N–H and O–H groups in total. The smallest absolute Gasteiger partial charge is 0.157 e. The fourth-order valence-corrected chi connectivity index (χ4v) is 3.85. The summed E-state index contributed by atoms with van der Waals surface area (Å²) in [4.78, 5) is 4.64. The Morgan fingerprint density at radius 1 is 1.26 bits per heavy atom. The van der Waals surface area contributed by atoms with Crippen LogP contribution in [0.5, 0.6) is 0 Å². The number of aliphatic imine (C=N–C) groups is 1. The zero-order valence-electron chi connectivity index (χ0n) is 11.2. The Kier molecular flexibility index (Phi) is 4.09. The highest BCUT2D eigenvalue weighted by molar-refractivity contribution is 8.14. The van der Waals surface area contributed by atoms with Crippen molar-refractivity contribution in [2.24, 2.45) is 4.99 Å². The molecule has 1 aromatic carbocycles. The van der Waals surface area contributed by atoms with Crippen LogP contribution in [0, 0.1) is 0 Å². The summed E-state index contributed by atoms with van der Waals surface area (Å²) in [6.45, 7) is 0.886. The van der Waals surface area contributed by atoms with E-state index in [1.165, 1.54) is 12.0 Å². The number of nitrogens with zero attached hydrogens (tertiary/aromatic N) is 1. The molecule has 2 aliphatic rings. The highest BCUT2D eigenvalue weighted by Crippen LogP contribution is 2.35. The first-order valence-electron chi connectivity index (χ1n) is 6.90. The molecule has 1 saturated carbocycles. The Morgan fingerprint density at radius 3 is 2.84 bits per heavy atom. The molecule has 0 aromatic heterocycles. The molecule has 3 nitrogen and oxygen atoms in total. The topological polar surface area (TPSA) is 33.6 Å². The van der Waals surface area contributed by atoms with E-state index in [1.54, 1.807) is 7.11 Å². The number of ether oxygens (including phenoxy) is 1. The van der Waals surface area contributed by atoms with Crippen molar-refractivity contribution in [3.8, 4) is 0 Å². The first-order chi connectivity index (χ1) is 9.35. The van der Waals surface area contributed by atoms with Gasteiger partial charge in [-0.25, -0.2) is 0 Å². The van der Waals surface area contributed by atoms with E-state index in [4.69, 9.17) is 4.74 Å². The molecule has 1 aliphatic carbocycles. The SMILES string of the molecule is COC1CCC(NC2=NCC(c3ccccc3)S2)C1. The summed E-state index contributed by atoms with van der Waals surface area (Å²) in [6.07, 6.45) is 3.88. The molecule has 3 rings (SSSR count). The van der Waals surface area contributed by atoms with Crippen LogP contribution in [0.1, 0.15) is 30.1 Å². The Bertz CT molecular complexity index is 449. The summed E-state index contributed by atoms with van der Waals surface area (Å²) in [7, 11) is 1.81. The summed E-state index contributed by atoms with van der Waals surface area (Å²) < 4.78 is 5.41. The highest BCUT2D eigenvalue weighted by Gasteiger charge is 2.28. The van der Waals surface area contributed by atoms with Crippen molar-refractivity contribution in [3.63, 3.8) is 0 Å². The van der Waals surface area contributed by atoms with Crippen LogP contribution in [0.15, 0.2) is 35.3 Å². The third-order valence-corrected chi connectivity index (χ3v) is 5.05. The Morgan fingerprint density at radius 2 is 2.11 bits per heavy atom. The maximum Gasteiger partial charge on any atom is 0.157 e. The predicted molar refractivity (Wildman–Crippen MR) is 80.6 cm³/mol. The minimum absolute atomic E-state index is 0.425. The van der Waals surface area contributed by atoms with Crippen molar-refractivity contribution < 1.29 is 4.74 Å². The van der Waals surface area contributed by atoms with E-state index in [0.29, 0.717) is 17.4 Å². The zero-order valence-corrected chi connectivity index (χ0v) is 12.0. The van der Waals surface area contributed by atoms with Gasteiger partial charge in [0.15, 0.2) is 5.17 Å². The van der Waals surface area contributed by atoms with E-state index in [2.05, 4.69) is 40.6 Å². The molecular weight excluding hydrogens is 256 g/mol. The van der Waals surface area contributed by atoms with Crippen molar-refractivity contribution in [1.82, 2.24) is 5.32 Å². The van der Waals surface area contributed by atoms with Crippen LogP contribution in [0.25, 0.3) is 0 Å². The average Bonchev–Trinajstić information content (AvgIpc) is 3.09. The van der Waals surface area contributed by atoms with Gasteiger partial charge in [0.25, 0.3) is 0 Å². The van der Waals surface area contributed by atoms with Gasteiger partial charge in [0.2, 0.25) is 0 Å². The molecule has 0 spiro atoms. The van der Waals surface area contributed by atoms with Gasteiger partial charge in [-0.15, -0.1) is 0 Å². The number of rotatable bonds is 3. The second-order valence-electron chi connectivity index (χ2n) is 5.18. The van der Waals surface area contributed by atoms with E-state index in [9.17, 15) is 0 Å². The zero-order chi connectivity index (χ0) is 13.1. The van der Waals surface area contributed by atoms with Crippen molar-refractivity contribution >= 4 is 16.9 Å². The summed E-state index contributed by atoms with van der Waals surface area (Å²) in [5, 5.41) is 5.16. The normalized spacial score (nSPS) is 30.4. The van der Waals surface area contributed by atoms with E-state index in [0.717, 1.165) is 24.6 Å². The number of hydrogen-bond donors (Lipinski definition) is 1. The largest absolute Gasteiger partial charge is 0.381 e. The average molecular weight is 276 g/mol. The van der Waals surface area contributed by atoms with Crippen LogP contribution in [0.4, 0.5) is 0 Å². The summed E-state index contributed by atoms with van der Waals surface area (Å²) in [5.74, 6) is 0. The molecule has 1 aromatic rings. The lowest BCUT2D eigenvalue weighted by Crippen LogP contribution is -2.30. The van der Waals surface area contributed by atoms with Crippen molar-refractivity contribution in [3.05, 3.63) is 35.9 Å². The van der Waals surface area contributed by atoms with Gasteiger partial charge in [-0.3, -0.25) is 4.99 Å². The standard InChI is InChI=1S/C15H20N2OS/c1-18-13-8-7-12(9-13)17-15-16-10-14(19-15)11-5-3-2-4-6-11/h2-6,12-14H,7-10H2,1H3,(H,16,17). The molecule has 4 heteroatoms. The van der Waals surface area contributed by atoms with E-state index in [-0.39, 0.29) is 0 Å². The van der Waals surface area contributed by atoms with Gasteiger partial charge < -0.3 is 10.1 Å². The minimum Gasteiger partial charge on any atom is -0.381 e. The highest BCUT2D eigenvalue weighted by atomic mass is 32.2. The van der Waals surface area contributed by atoms with Gasteiger partial charge in [0, 0.05) is 13.2 Å². The summed E-state index contributed by atoms with van der Waals surface area (Å²) in [5.41, 5.74) is 1.37. The van der Waals surface area contributed by atoms with Gasteiger partial charge in [0.1, 0.15) is 0 Å². The van der Waals surface area contributed by atoms with E-state index < -0.39 is 0 Å². The molecule has 1 aliphatic heterocycles. The second kappa shape index (κ2) is 5.97. The number of methoxy groups -OCH3 is 1. The lowest BCUT2D eigenvalue weighted by atomic mass is 10.1. The first-order valence-corrected chi connectivity index (χ1v) is 7.78. The molecule has 0 saturated heterocycles. The molecule has 1 heterocycles. The summed E-state index contributed by atoms with van der Waals surface area (Å²) >= 11 is 1.86. The van der Waals surface area contributed by atoms with Crippen LogP contribution >= 0.6 is 11.8 Å². The van der Waals surface area contributed by atoms with Gasteiger partial charge in [0.05, 0.1) is 17.9 Å². The molecule has 0 radical (unpaired) electrons. The van der Waals surface area contributed by atoms with Gasteiger partial charge in [-0.1, -0.05) is 42.1 Å². The quantitative estimate of drug-likeness (QED) is 0.921. The van der Waals surface area contributed by atoms with Crippen LogP contribution in [0.3, 0.4) is 0 Å². The predicted octanol–water partition coefficient (Wildman–Crippen LogP) is 2.99. The minimum atomic E-state index is 0.425. The molecule has 3 atom stereocenters. The van der Waals surface area contributed by atoms with Gasteiger partial charge >= 0.3 is 0 Å². The number of hydrogen-bond acceptors (Lipinski definition) is 4. The van der Waals surface area contributed by atoms with E-state index >= 15 is 0 Å². The van der Waals surface area contributed by atoms with Crippen molar-refractivity contribution in [1.29, 1.82) is 0 Å². The molecular formula is C15H20N2OS. The number of thioether (sulfide) groups is 1. The lowest BCUT2D eigenvalue weighted by molar-refractivity contribution is 0.107.